The molecule has 0 aliphatic carbocycles. The van der Waals surface area contributed by atoms with Gasteiger partial charge in [0.2, 0.25) is 5.91 Å². The number of nitro groups is 1. The van der Waals surface area contributed by atoms with Crippen molar-refractivity contribution < 1.29 is 19.3 Å². The summed E-state index contributed by atoms with van der Waals surface area (Å²) < 4.78 is 0. The summed E-state index contributed by atoms with van der Waals surface area (Å²) in [5.41, 5.74) is 1.88. The van der Waals surface area contributed by atoms with E-state index in [0.29, 0.717) is 24.0 Å². The number of ketones is 1. The van der Waals surface area contributed by atoms with Crippen LogP contribution >= 0.6 is 0 Å². The van der Waals surface area contributed by atoms with Crippen LogP contribution < -0.4 is 10.2 Å². The maximum atomic E-state index is 12.4. The summed E-state index contributed by atoms with van der Waals surface area (Å²) in [6, 6.07) is 12.6. The first-order valence-electron chi connectivity index (χ1n) is 9.33. The van der Waals surface area contributed by atoms with Gasteiger partial charge in [-0.2, -0.15) is 0 Å². The third kappa shape index (κ3) is 5.04. The van der Waals surface area contributed by atoms with Gasteiger partial charge < -0.3 is 10.2 Å². The molecule has 0 saturated carbocycles. The number of carbonyl (C=O) groups excluding carboxylic acids is 3. The zero-order valence-corrected chi connectivity index (χ0v) is 15.7. The van der Waals surface area contributed by atoms with Crippen LogP contribution in [0.25, 0.3) is 0 Å². The minimum Gasteiger partial charge on any atom is -0.371 e. The van der Waals surface area contributed by atoms with Gasteiger partial charge in [0, 0.05) is 48.0 Å². The molecule has 8 heteroatoms. The number of anilines is 1. The smallest absolute Gasteiger partial charge is 0.269 e. The summed E-state index contributed by atoms with van der Waals surface area (Å²) >= 11 is 0. The van der Waals surface area contributed by atoms with Gasteiger partial charge in [0.15, 0.2) is 5.78 Å². The average Bonchev–Trinajstić information content (AvgIpc) is 2.77. The van der Waals surface area contributed by atoms with Crippen molar-refractivity contribution in [1.29, 1.82) is 0 Å². The van der Waals surface area contributed by atoms with Crippen LogP contribution in [0, 0.1) is 16.0 Å². The molecular formula is C21H21N3O5. The molecule has 1 heterocycles. The number of piperidine rings is 1. The molecule has 1 saturated heterocycles. The zero-order valence-electron chi connectivity index (χ0n) is 15.7. The van der Waals surface area contributed by atoms with E-state index in [0.717, 1.165) is 25.1 Å². The van der Waals surface area contributed by atoms with Crippen LogP contribution in [0.5, 0.6) is 0 Å². The van der Waals surface area contributed by atoms with E-state index in [-0.39, 0.29) is 29.8 Å². The largest absolute Gasteiger partial charge is 0.371 e. The first kappa shape index (κ1) is 20.2. The fraction of sp³-hybridized carbons (Fsp3) is 0.286. The van der Waals surface area contributed by atoms with E-state index in [1.54, 1.807) is 12.1 Å². The van der Waals surface area contributed by atoms with E-state index in [4.69, 9.17) is 0 Å². The summed E-state index contributed by atoms with van der Waals surface area (Å²) in [6.07, 6.45) is 2.15. The SMILES string of the molecule is O=Cc1ccc(N2CCC(C(=O)NCC(=O)c3ccc([N+](=O)[O-])cc3)CC2)cc1. The van der Waals surface area contributed by atoms with Crippen molar-refractivity contribution in [1.82, 2.24) is 5.32 Å². The predicted molar refractivity (Wildman–Crippen MR) is 107 cm³/mol. The van der Waals surface area contributed by atoms with E-state index < -0.39 is 4.92 Å². The van der Waals surface area contributed by atoms with E-state index in [1.807, 2.05) is 12.1 Å². The highest BCUT2D eigenvalue weighted by atomic mass is 16.6. The lowest BCUT2D eigenvalue weighted by atomic mass is 9.95. The van der Waals surface area contributed by atoms with Crippen LogP contribution in [0.2, 0.25) is 0 Å². The number of nitro benzene ring substituents is 1. The Morgan fingerprint density at radius 2 is 1.69 bits per heavy atom. The summed E-state index contributed by atoms with van der Waals surface area (Å²) in [5, 5.41) is 13.3. The number of amides is 1. The Morgan fingerprint density at radius 1 is 1.07 bits per heavy atom. The van der Waals surface area contributed by atoms with Crippen molar-refractivity contribution in [3.8, 4) is 0 Å². The van der Waals surface area contributed by atoms with Gasteiger partial charge in [-0.3, -0.25) is 24.5 Å². The summed E-state index contributed by atoms with van der Waals surface area (Å²) in [7, 11) is 0. The molecule has 8 nitrogen and oxygen atoms in total. The highest BCUT2D eigenvalue weighted by molar-refractivity contribution is 5.99. The van der Waals surface area contributed by atoms with Crippen LogP contribution in [-0.2, 0) is 4.79 Å². The van der Waals surface area contributed by atoms with Crippen molar-refractivity contribution in [2.24, 2.45) is 5.92 Å². The maximum absolute atomic E-state index is 12.4. The van der Waals surface area contributed by atoms with Crippen LogP contribution in [0.15, 0.2) is 48.5 Å². The summed E-state index contributed by atoms with van der Waals surface area (Å²) in [5.74, 6) is -0.609. The predicted octanol–water partition coefficient (Wildman–Crippen LogP) is 2.62. The summed E-state index contributed by atoms with van der Waals surface area (Å²) in [6.45, 7) is 1.30. The second-order valence-electron chi connectivity index (χ2n) is 6.92. The van der Waals surface area contributed by atoms with Gasteiger partial charge in [0.05, 0.1) is 11.5 Å². The normalized spacial score (nSPS) is 14.3. The fourth-order valence-electron chi connectivity index (χ4n) is 3.35. The monoisotopic (exact) mass is 395 g/mol. The van der Waals surface area contributed by atoms with Gasteiger partial charge in [0.25, 0.3) is 5.69 Å². The third-order valence-corrected chi connectivity index (χ3v) is 5.08. The Balaban J connectivity index is 1.47. The topological polar surface area (TPSA) is 110 Å². The van der Waals surface area contributed by atoms with Crippen LogP contribution in [0.1, 0.15) is 33.6 Å². The van der Waals surface area contributed by atoms with E-state index in [9.17, 15) is 24.5 Å². The number of hydrogen-bond donors (Lipinski definition) is 1. The van der Waals surface area contributed by atoms with Gasteiger partial charge in [0.1, 0.15) is 6.29 Å². The molecule has 29 heavy (non-hydrogen) atoms. The summed E-state index contributed by atoms with van der Waals surface area (Å²) in [4.78, 5) is 47.6. The fourth-order valence-corrected chi connectivity index (χ4v) is 3.35. The molecule has 150 valence electrons. The second-order valence-corrected chi connectivity index (χ2v) is 6.92. The number of Topliss-reactive ketones (excluding diaryl/α,β-unsaturated/α-hetero) is 1. The molecular weight excluding hydrogens is 374 g/mol. The van der Waals surface area contributed by atoms with Gasteiger partial charge in [-0.15, -0.1) is 0 Å². The quantitative estimate of drug-likeness (QED) is 0.334. The Kier molecular flexibility index (Phi) is 6.33. The molecule has 0 bridgehead atoms. The average molecular weight is 395 g/mol. The number of benzene rings is 2. The molecule has 0 aromatic heterocycles. The Bertz CT molecular complexity index is 901. The Morgan fingerprint density at radius 3 is 2.24 bits per heavy atom. The molecule has 1 amide bonds. The molecule has 0 unspecified atom stereocenters. The molecule has 0 radical (unpaired) electrons. The van der Waals surface area contributed by atoms with Crippen molar-refractivity contribution in [2.45, 2.75) is 12.8 Å². The minimum absolute atomic E-state index is 0.0851. The van der Waals surface area contributed by atoms with Gasteiger partial charge >= 0.3 is 0 Å². The van der Waals surface area contributed by atoms with E-state index >= 15 is 0 Å². The lowest BCUT2D eigenvalue weighted by molar-refractivity contribution is -0.384. The number of rotatable bonds is 7. The number of non-ortho nitro benzene ring substituents is 1. The third-order valence-electron chi connectivity index (χ3n) is 5.08. The number of carbonyl (C=O) groups is 3. The number of aldehydes is 1. The molecule has 3 rings (SSSR count). The standard InChI is InChI=1S/C21H21N3O5/c25-14-15-1-5-18(6-2-15)23-11-9-17(10-12-23)21(27)22-13-20(26)16-3-7-19(8-4-16)24(28)29/h1-8,14,17H,9-13H2,(H,22,27). The minimum atomic E-state index is -0.529. The van der Waals surface area contributed by atoms with Crippen LogP contribution in [0.4, 0.5) is 11.4 Å². The number of nitrogens with zero attached hydrogens (tertiary/aromatic N) is 2. The maximum Gasteiger partial charge on any atom is 0.269 e. The van der Waals surface area contributed by atoms with Crippen molar-refractivity contribution in [3.05, 3.63) is 69.8 Å². The molecule has 1 aliphatic rings. The highest BCUT2D eigenvalue weighted by Gasteiger charge is 2.25. The lowest BCUT2D eigenvalue weighted by Gasteiger charge is -2.33. The van der Waals surface area contributed by atoms with Crippen molar-refractivity contribution in [3.63, 3.8) is 0 Å². The number of nitrogens with one attached hydrogen (secondary N) is 1. The Hall–Kier alpha value is -3.55. The molecule has 2 aromatic carbocycles. The van der Waals surface area contributed by atoms with Crippen LogP contribution in [-0.4, -0.2) is 42.5 Å². The molecule has 2 aromatic rings. The molecule has 1 fully saturated rings. The lowest BCUT2D eigenvalue weighted by Crippen LogP contribution is -2.41. The van der Waals surface area contributed by atoms with Crippen molar-refractivity contribution in [2.75, 3.05) is 24.5 Å². The van der Waals surface area contributed by atoms with E-state index in [2.05, 4.69) is 10.2 Å². The van der Waals surface area contributed by atoms with Crippen molar-refractivity contribution >= 4 is 29.4 Å². The zero-order chi connectivity index (χ0) is 20.8. The first-order valence-corrected chi connectivity index (χ1v) is 9.33. The van der Waals surface area contributed by atoms with E-state index in [1.165, 1.54) is 24.3 Å². The first-order chi connectivity index (χ1) is 14.0. The molecule has 1 N–H and O–H groups in total. The number of hydrogen-bond acceptors (Lipinski definition) is 6. The molecule has 1 aliphatic heterocycles. The van der Waals surface area contributed by atoms with Gasteiger partial charge in [-0.05, 0) is 49.2 Å². The highest BCUT2D eigenvalue weighted by Crippen LogP contribution is 2.23. The van der Waals surface area contributed by atoms with Gasteiger partial charge in [-0.1, -0.05) is 0 Å². The molecule has 0 spiro atoms. The molecule has 0 atom stereocenters. The van der Waals surface area contributed by atoms with Crippen LogP contribution in [0.3, 0.4) is 0 Å². The Labute approximate surface area is 167 Å². The second kappa shape index (κ2) is 9.09. The van der Waals surface area contributed by atoms with Gasteiger partial charge in [-0.25, -0.2) is 0 Å².